The Balaban J connectivity index is 1.49. The molecule has 0 aromatic carbocycles. The van der Waals surface area contributed by atoms with Gasteiger partial charge in [0, 0.05) is 32.5 Å². The van der Waals surface area contributed by atoms with Gasteiger partial charge >= 0.3 is 0 Å². The molecule has 146 valence electrons. The van der Waals surface area contributed by atoms with Crippen molar-refractivity contribution in [2.24, 2.45) is 5.92 Å². The highest BCUT2D eigenvalue weighted by Gasteiger charge is 2.47. The number of nitrogens with zero attached hydrogens (tertiary/aromatic N) is 2. The highest BCUT2D eigenvalue weighted by molar-refractivity contribution is 7.89. The molecule has 3 rings (SSSR count). The lowest BCUT2D eigenvalue weighted by molar-refractivity contribution is -0.0619. The number of pyridine rings is 1. The predicted molar refractivity (Wildman–Crippen MR) is 100 cm³/mol. The van der Waals surface area contributed by atoms with Gasteiger partial charge in [-0.3, -0.25) is 4.98 Å². The van der Waals surface area contributed by atoms with Gasteiger partial charge in [0.1, 0.15) is 0 Å². The van der Waals surface area contributed by atoms with E-state index in [4.69, 9.17) is 9.47 Å². The van der Waals surface area contributed by atoms with Crippen molar-refractivity contribution < 1.29 is 17.9 Å². The molecule has 1 atom stereocenters. The molecule has 2 fully saturated rings. The van der Waals surface area contributed by atoms with Gasteiger partial charge in [0.2, 0.25) is 10.0 Å². The number of hydrogen-bond donors (Lipinski definition) is 0. The molecular formula is C19H30N2O4S. The summed E-state index contributed by atoms with van der Waals surface area (Å²) in [5.74, 6) is 0.440. The monoisotopic (exact) mass is 382 g/mol. The summed E-state index contributed by atoms with van der Waals surface area (Å²) in [5.41, 5.74) is 0.772. The van der Waals surface area contributed by atoms with Gasteiger partial charge < -0.3 is 9.47 Å². The molecule has 0 radical (unpaired) electrons. The Labute approximate surface area is 156 Å². The molecule has 0 amide bonds. The molecule has 26 heavy (non-hydrogen) atoms. The van der Waals surface area contributed by atoms with Crippen molar-refractivity contribution in [3.05, 3.63) is 30.1 Å². The molecule has 0 unspecified atom stereocenters. The largest absolute Gasteiger partial charge is 0.375 e. The van der Waals surface area contributed by atoms with Crippen molar-refractivity contribution >= 4 is 10.0 Å². The zero-order chi connectivity index (χ0) is 18.6. The number of ether oxygens (including phenoxy) is 2. The molecule has 3 heterocycles. The van der Waals surface area contributed by atoms with E-state index in [1.165, 1.54) is 0 Å². The molecule has 2 aliphatic heterocycles. The molecule has 0 N–H and O–H groups in total. The van der Waals surface area contributed by atoms with Crippen LogP contribution in [0.4, 0.5) is 0 Å². The van der Waals surface area contributed by atoms with Gasteiger partial charge in [-0.15, -0.1) is 0 Å². The van der Waals surface area contributed by atoms with Gasteiger partial charge in [-0.25, -0.2) is 12.7 Å². The van der Waals surface area contributed by atoms with Gasteiger partial charge in [0.15, 0.2) is 0 Å². The first-order valence-electron chi connectivity index (χ1n) is 9.55. The third kappa shape index (κ3) is 4.27. The minimum atomic E-state index is -3.17. The van der Waals surface area contributed by atoms with E-state index in [1.807, 2.05) is 18.2 Å². The standard InChI is InChI=1S/C19H30N2O4S/c1-16(2)26(22,23)21-11-8-19(9-12-21)17(7-14-25-19)6-13-24-15-18-5-3-4-10-20-18/h3-5,10,16-17H,6-9,11-15H2,1-2H3/t17-/m1/s1. The van der Waals surface area contributed by atoms with Gasteiger partial charge in [-0.2, -0.15) is 0 Å². The van der Waals surface area contributed by atoms with Gasteiger partial charge in [0.05, 0.1) is 23.2 Å². The van der Waals surface area contributed by atoms with E-state index in [0.717, 1.165) is 38.0 Å². The fourth-order valence-electron chi connectivity index (χ4n) is 4.05. The third-order valence-electron chi connectivity index (χ3n) is 5.71. The highest BCUT2D eigenvalue weighted by atomic mass is 32.2. The van der Waals surface area contributed by atoms with Crippen LogP contribution >= 0.6 is 0 Å². The Morgan fingerprint density at radius 3 is 2.77 bits per heavy atom. The molecule has 2 saturated heterocycles. The number of hydrogen-bond acceptors (Lipinski definition) is 5. The second-order valence-corrected chi connectivity index (χ2v) is 10.0. The van der Waals surface area contributed by atoms with E-state index >= 15 is 0 Å². The molecule has 6 nitrogen and oxygen atoms in total. The van der Waals surface area contributed by atoms with Crippen LogP contribution in [0.25, 0.3) is 0 Å². The van der Waals surface area contributed by atoms with Crippen LogP contribution in [0, 0.1) is 5.92 Å². The van der Waals surface area contributed by atoms with Crippen molar-refractivity contribution in [3.63, 3.8) is 0 Å². The Hall–Kier alpha value is -1.02. The summed E-state index contributed by atoms with van der Waals surface area (Å²) in [6.45, 7) is 6.59. The van der Waals surface area contributed by atoms with Crippen LogP contribution < -0.4 is 0 Å². The second kappa shape index (κ2) is 8.33. The van der Waals surface area contributed by atoms with Crippen LogP contribution in [0.3, 0.4) is 0 Å². The summed E-state index contributed by atoms with van der Waals surface area (Å²) in [4.78, 5) is 4.26. The van der Waals surface area contributed by atoms with Gasteiger partial charge in [0.25, 0.3) is 0 Å². The summed E-state index contributed by atoms with van der Waals surface area (Å²) < 4.78 is 38.3. The zero-order valence-electron chi connectivity index (χ0n) is 15.8. The van der Waals surface area contributed by atoms with Crippen molar-refractivity contribution in [1.29, 1.82) is 0 Å². The minimum Gasteiger partial charge on any atom is -0.375 e. The zero-order valence-corrected chi connectivity index (χ0v) is 16.6. The maximum atomic E-state index is 12.4. The van der Waals surface area contributed by atoms with E-state index in [1.54, 1.807) is 24.3 Å². The predicted octanol–water partition coefficient (Wildman–Crippen LogP) is 2.60. The van der Waals surface area contributed by atoms with Crippen LogP contribution in [0.5, 0.6) is 0 Å². The fourth-order valence-corrected chi connectivity index (χ4v) is 5.34. The average Bonchev–Trinajstić information content (AvgIpc) is 3.02. The molecular weight excluding hydrogens is 352 g/mol. The molecule has 1 aromatic rings. The minimum absolute atomic E-state index is 0.169. The number of aromatic nitrogens is 1. The molecule has 2 aliphatic rings. The summed E-state index contributed by atoms with van der Waals surface area (Å²) in [6, 6.07) is 5.82. The van der Waals surface area contributed by atoms with Crippen LogP contribution in [0.15, 0.2) is 24.4 Å². The molecule has 1 spiro atoms. The molecule has 7 heteroatoms. The first kappa shape index (κ1) is 19.7. The Bertz CT molecular complexity index is 670. The van der Waals surface area contributed by atoms with Crippen molar-refractivity contribution in [1.82, 2.24) is 9.29 Å². The van der Waals surface area contributed by atoms with E-state index < -0.39 is 10.0 Å². The Morgan fingerprint density at radius 1 is 1.35 bits per heavy atom. The van der Waals surface area contributed by atoms with Crippen molar-refractivity contribution in [2.45, 2.75) is 57.0 Å². The van der Waals surface area contributed by atoms with E-state index in [-0.39, 0.29) is 10.9 Å². The highest BCUT2D eigenvalue weighted by Crippen LogP contribution is 2.43. The van der Waals surface area contributed by atoms with Crippen LogP contribution in [-0.4, -0.2) is 54.9 Å². The second-order valence-electron chi connectivity index (χ2n) is 7.55. The molecule has 1 aromatic heterocycles. The van der Waals surface area contributed by atoms with Crippen LogP contribution in [0.1, 0.15) is 45.2 Å². The lowest BCUT2D eigenvalue weighted by Crippen LogP contribution is -2.50. The maximum absolute atomic E-state index is 12.4. The first-order chi connectivity index (χ1) is 12.4. The average molecular weight is 383 g/mol. The summed E-state index contributed by atoms with van der Waals surface area (Å²) in [5, 5.41) is -0.364. The number of rotatable bonds is 7. The fraction of sp³-hybridized carbons (Fsp3) is 0.737. The number of piperidine rings is 1. The van der Waals surface area contributed by atoms with Crippen LogP contribution in [0.2, 0.25) is 0 Å². The smallest absolute Gasteiger partial charge is 0.216 e. The quantitative estimate of drug-likeness (QED) is 0.678. The molecule has 0 bridgehead atoms. The van der Waals surface area contributed by atoms with Crippen molar-refractivity contribution in [3.8, 4) is 0 Å². The first-order valence-corrected chi connectivity index (χ1v) is 11.0. The summed E-state index contributed by atoms with van der Waals surface area (Å²) in [6.07, 6.45) is 5.32. The van der Waals surface area contributed by atoms with Gasteiger partial charge in [-0.05, 0) is 57.6 Å². The third-order valence-corrected chi connectivity index (χ3v) is 7.99. The van der Waals surface area contributed by atoms with E-state index in [9.17, 15) is 8.42 Å². The summed E-state index contributed by atoms with van der Waals surface area (Å²) >= 11 is 0. The van der Waals surface area contributed by atoms with E-state index in [2.05, 4.69) is 4.98 Å². The molecule has 0 saturated carbocycles. The van der Waals surface area contributed by atoms with E-state index in [0.29, 0.717) is 32.2 Å². The molecule has 0 aliphatic carbocycles. The Kier molecular flexibility index (Phi) is 6.33. The SMILES string of the molecule is CC(C)S(=O)(=O)N1CCC2(CC1)OCC[C@H]2CCOCc1ccccn1. The maximum Gasteiger partial charge on any atom is 0.216 e. The lowest BCUT2D eigenvalue weighted by Gasteiger charge is -2.42. The van der Waals surface area contributed by atoms with Crippen molar-refractivity contribution in [2.75, 3.05) is 26.3 Å². The lowest BCUT2D eigenvalue weighted by atomic mass is 9.78. The van der Waals surface area contributed by atoms with Gasteiger partial charge in [-0.1, -0.05) is 6.07 Å². The normalized spacial score (nSPS) is 23.7. The topological polar surface area (TPSA) is 68.7 Å². The number of sulfonamides is 1. The summed E-state index contributed by atoms with van der Waals surface area (Å²) in [7, 11) is -3.17. The Morgan fingerprint density at radius 2 is 2.12 bits per heavy atom. The van der Waals surface area contributed by atoms with Crippen LogP contribution in [-0.2, 0) is 26.1 Å².